The second kappa shape index (κ2) is 4.39. The molecule has 0 aliphatic carbocycles. The lowest BCUT2D eigenvalue weighted by atomic mass is 10.3. The van der Waals surface area contributed by atoms with Crippen LogP contribution in [0.25, 0.3) is 0 Å². The van der Waals surface area contributed by atoms with Gasteiger partial charge >= 0.3 is 0 Å². The molecule has 0 spiro atoms. The van der Waals surface area contributed by atoms with Crippen molar-refractivity contribution in [2.24, 2.45) is 0 Å². The smallest absolute Gasteiger partial charge is 0.229 e. The molecule has 1 aliphatic heterocycles. The second-order valence-corrected chi connectivity index (χ2v) is 4.47. The minimum absolute atomic E-state index is 0.0410. The van der Waals surface area contributed by atoms with E-state index in [1.54, 1.807) is 0 Å². The van der Waals surface area contributed by atoms with Crippen molar-refractivity contribution in [3.8, 4) is 0 Å². The lowest BCUT2D eigenvalue weighted by Gasteiger charge is -2.16. The van der Waals surface area contributed by atoms with Gasteiger partial charge < -0.3 is 0 Å². The van der Waals surface area contributed by atoms with E-state index in [2.05, 4.69) is 22.6 Å². The Balaban J connectivity index is 2.44. The van der Waals surface area contributed by atoms with Gasteiger partial charge in [0, 0.05) is 18.2 Å². The van der Waals surface area contributed by atoms with Crippen LogP contribution in [0.2, 0.25) is 5.15 Å². The number of rotatable bonds is 2. The van der Waals surface area contributed by atoms with Crippen molar-refractivity contribution < 1.29 is 9.59 Å². The summed E-state index contributed by atoms with van der Waals surface area (Å²) < 4.78 is 0. The Morgan fingerprint density at radius 1 is 1.56 bits per heavy atom. The highest BCUT2D eigenvalue weighted by molar-refractivity contribution is 7.81. The average molecular weight is 258 g/mol. The molecule has 84 valence electrons. The second-order valence-electron chi connectivity index (χ2n) is 3.38. The van der Waals surface area contributed by atoms with Crippen molar-refractivity contribution in [3.63, 3.8) is 0 Å². The highest BCUT2D eigenvalue weighted by Gasteiger charge is 2.31. The fourth-order valence-corrected chi connectivity index (χ4v) is 2.07. The topological polar surface area (TPSA) is 63.2 Å². The van der Waals surface area contributed by atoms with Gasteiger partial charge in [0.05, 0.1) is 5.56 Å². The first-order valence-corrected chi connectivity index (χ1v) is 5.47. The van der Waals surface area contributed by atoms with Gasteiger partial charge in [-0.05, 0) is 0 Å². The largest absolute Gasteiger partial charge is 0.298 e. The summed E-state index contributed by atoms with van der Waals surface area (Å²) in [6.45, 7) is 0.427. The van der Waals surface area contributed by atoms with E-state index in [4.69, 9.17) is 11.6 Å². The van der Waals surface area contributed by atoms with Crippen molar-refractivity contribution in [1.29, 1.82) is 0 Å². The SMILES string of the molecule is O=Cc1c(Cl)ncnc1N1CC(S)CC1=O. The zero-order valence-electron chi connectivity index (χ0n) is 8.13. The number of halogens is 1. The van der Waals surface area contributed by atoms with Crippen LogP contribution in [0, 0.1) is 0 Å². The number of aldehydes is 1. The number of hydrogen-bond acceptors (Lipinski definition) is 5. The van der Waals surface area contributed by atoms with Crippen molar-refractivity contribution in [2.75, 3.05) is 11.4 Å². The Bertz CT molecular complexity index is 454. The molecule has 0 saturated carbocycles. The maximum Gasteiger partial charge on any atom is 0.229 e. The molecule has 1 fully saturated rings. The van der Waals surface area contributed by atoms with Gasteiger partial charge in [-0.1, -0.05) is 11.6 Å². The number of carbonyl (C=O) groups is 2. The molecular weight excluding hydrogens is 250 g/mol. The van der Waals surface area contributed by atoms with Gasteiger partial charge in [0.1, 0.15) is 11.5 Å². The number of nitrogens with zero attached hydrogens (tertiary/aromatic N) is 3. The quantitative estimate of drug-likeness (QED) is 0.487. The van der Waals surface area contributed by atoms with E-state index in [1.807, 2.05) is 0 Å². The molecule has 1 unspecified atom stereocenters. The maximum absolute atomic E-state index is 11.6. The molecule has 0 radical (unpaired) electrons. The predicted octanol–water partition coefficient (Wildman–Crippen LogP) is 0.978. The molecule has 2 rings (SSSR count). The fourth-order valence-electron chi connectivity index (χ4n) is 1.58. The Kier molecular flexibility index (Phi) is 3.11. The van der Waals surface area contributed by atoms with E-state index >= 15 is 0 Å². The molecule has 1 amide bonds. The Morgan fingerprint density at radius 3 is 2.88 bits per heavy atom. The van der Waals surface area contributed by atoms with Crippen molar-refractivity contribution >= 4 is 42.2 Å². The van der Waals surface area contributed by atoms with Crippen LogP contribution in [-0.4, -0.2) is 34.0 Å². The minimum atomic E-state index is -0.113. The number of aromatic nitrogens is 2. The number of thiol groups is 1. The number of amides is 1. The summed E-state index contributed by atoms with van der Waals surface area (Å²) in [5, 5.41) is 0.0103. The number of hydrogen-bond donors (Lipinski definition) is 1. The van der Waals surface area contributed by atoms with Crippen LogP contribution in [0.15, 0.2) is 6.33 Å². The summed E-state index contributed by atoms with van der Waals surface area (Å²) in [7, 11) is 0. The van der Waals surface area contributed by atoms with Gasteiger partial charge in [0.25, 0.3) is 0 Å². The Morgan fingerprint density at radius 2 is 2.31 bits per heavy atom. The highest BCUT2D eigenvalue weighted by atomic mass is 35.5. The lowest BCUT2D eigenvalue weighted by molar-refractivity contribution is -0.117. The summed E-state index contributed by atoms with van der Waals surface area (Å²) in [4.78, 5) is 31.5. The molecule has 1 aromatic rings. The third kappa shape index (κ3) is 1.90. The van der Waals surface area contributed by atoms with E-state index in [-0.39, 0.29) is 27.7 Å². The highest BCUT2D eigenvalue weighted by Crippen LogP contribution is 2.27. The Hall–Kier alpha value is -1.14. The zero-order chi connectivity index (χ0) is 11.7. The third-order valence-corrected chi connectivity index (χ3v) is 2.94. The Labute approximate surface area is 102 Å². The lowest BCUT2D eigenvalue weighted by Crippen LogP contribution is -2.27. The number of anilines is 1. The van der Waals surface area contributed by atoms with Crippen LogP contribution >= 0.6 is 24.2 Å². The van der Waals surface area contributed by atoms with Gasteiger partial charge in [0.2, 0.25) is 5.91 Å². The molecule has 5 nitrogen and oxygen atoms in total. The van der Waals surface area contributed by atoms with Crippen LogP contribution in [0.4, 0.5) is 5.82 Å². The van der Waals surface area contributed by atoms with Gasteiger partial charge in [-0.2, -0.15) is 12.6 Å². The van der Waals surface area contributed by atoms with Crippen LogP contribution in [0.5, 0.6) is 0 Å². The van der Waals surface area contributed by atoms with Crippen LogP contribution in [-0.2, 0) is 4.79 Å². The summed E-state index contributed by atoms with van der Waals surface area (Å²) >= 11 is 9.98. The first-order chi connectivity index (χ1) is 7.63. The maximum atomic E-state index is 11.6. The zero-order valence-corrected chi connectivity index (χ0v) is 9.78. The predicted molar refractivity (Wildman–Crippen MR) is 62.2 cm³/mol. The molecule has 16 heavy (non-hydrogen) atoms. The van der Waals surface area contributed by atoms with E-state index in [0.717, 1.165) is 0 Å². The van der Waals surface area contributed by atoms with Crippen LogP contribution in [0.3, 0.4) is 0 Å². The molecule has 0 bridgehead atoms. The van der Waals surface area contributed by atoms with E-state index < -0.39 is 0 Å². The molecule has 1 aliphatic rings. The van der Waals surface area contributed by atoms with Crippen LogP contribution in [0.1, 0.15) is 16.8 Å². The minimum Gasteiger partial charge on any atom is -0.298 e. The van der Waals surface area contributed by atoms with Crippen molar-refractivity contribution in [2.45, 2.75) is 11.7 Å². The molecule has 7 heteroatoms. The average Bonchev–Trinajstić information content (AvgIpc) is 2.57. The monoisotopic (exact) mass is 257 g/mol. The van der Waals surface area contributed by atoms with Crippen LogP contribution < -0.4 is 4.90 Å². The van der Waals surface area contributed by atoms with Crippen molar-refractivity contribution in [1.82, 2.24) is 9.97 Å². The molecule has 2 heterocycles. The first kappa shape index (κ1) is 11.3. The third-order valence-electron chi connectivity index (χ3n) is 2.29. The van der Waals surface area contributed by atoms with E-state index in [9.17, 15) is 9.59 Å². The van der Waals surface area contributed by atoms with E-state index in [1.165, 1.54) is 11.2 Å². The van der Waals surface area contributed by atoms with Gasteiger partial charge in [-0.3, -0.25) is 14.5 Å². The van der Waals surface area contributed by atoms with Gasteiger partial charge in [0.15, 0.2) is 12.1 Å². The molecule has 1 atom stereocenters. The van der Waals surface area contributed by atoms with Gasteiger partial charge in [-0.25, -0.2) is 9.97 Å². The fraction of sp³-hybridized carbons (Fsp3) is 0.333. The normalized spacial score (nSPS) is 20.2. The first-order valence-electron chi connectivity index (χ1n) is 4.57. The molecule has 0 aromatic carbocycles. The van der Waals surface area contributed by atoms with E-state index in [0.29, 0.717) is 19.3 Å². The van der Waals surface area contributed by atoms with Gasteiger partial charge in [-0.15, -0.1) is 0 Å². The summed E-state index contributed by atoms with van der Waals surface area (Å²) in [6, 6.07) is 0. The standard InChI is InChI=1S/C9H8ClN3O2S/c10-8-6(3-14)9(12-4-11-8)13-2-5(16)1-7(13)15/h3-5,16H,1-2H2. The molecule has 1 saturated heterocycles. The summed E-state index contributed by atoms with van der Waals surface area (Å²) in [6.07, 6.45) is 2.11. The molecule has 1 aromatic heterocycles. The summed E-state index contributed by atoms with van der Waals surface area (Å²) in [5.74, 6) is 0.148. The van der Waals surface area contributed by atoms with Crippen molar-refractivity contribution in [3.05, 3.63) is 17.0 Å². The number of carbonyl (C=O) groups excluding carboxylic acids is 2. The molecule has 0 N–H and O–H groups in total. The molecular formula is C9H8ClN3O2S. The summed E-state index contributed by atoms with van der Waals surface area (Å²) in [5.41, 5.74) is 0.139.